The predicted molar refractivity (Wildman–Crippen MR) is 111 cm³/mol. The molecule has 0 saturated heterocycles. The van der Waals surface area contributed by atoms with Crippen molar-refractivity contribution in [2.45, 2.75) is 0 Å². The molecule has 0 aliphatic rings. The van der Waals surface area contributed by atoms with Gasteiger partial charge in [0.1, 0.15) is 12.1 Å². The molecule has 0 fully saturated rings. The molecule has 0 radical (unpaired) electrons. The van der Waals surface area contributed by atoms with Crippen molar-refractivity contribution in [3.05, 3.63) is 70.2 Å². The van der Waals surface area contributed by atoms with Crippen LogP contribution < -0.4 is 10.6 Å². The Hall–Kier alpha value is -2.84. The summed E-state index contributed by atoms with van der Waals surface area (Å²) in [6.45, 7) is 0.930. The summed E-state index contributed by atoms with van der Waals surface area (Å²) in [6, 6.07) is 11.0. The fourth-order valence-corrected chi connectivity index (χ4v) is 3.31. The maximum atomic E-state index is 12.0. The van der Waals surface area contributed by atoms with Crippen LogP contribution in [-0.4, -0.2) is 33.6 Å². The van der Waals surface area contributed by atoms with E-state index in [4.69, 9.17) is 16.0 Å². The topological polar surface area (TPSA) is 84.5 Å². The molecule has 3 aromatic heterocycles. The molecule has 3 heterocycles. The molecule has 0 bridgehead atoms. The number of aromatic nitrogens is 3. The summed E-state index contributed by atoms with van der Waals surface area (Å²) in [5, 5.41) is 11.1. The number of hydrogen-bond donors (Lipinski definition) is 2. The predicted octanol–water partition coefficient (Wildman–Crippen LogP) is 4.25. The largest absolute Gasteiger partial charge is 0.472 e. The molecule has 4 rings (SSSR count). The Bertz CT molecular complexity index is 1130. The van der Waals surface area contributed by atoms with E-state index < -0.39 is 0 Å². The van der Waals surface area contributed by atoms with E-state index in [0.717, 1.165) is 21.5 Å². The van der Waals surface area contributed by atoms with E-state index in [1.54, 1.807) is 16.8 Å². The molecule has 1 amide bonds. The lowest BCUT2D eigenvalue weighted by Gasteiger charge is -2.12. The minimum Gasteiger partial charge on any atom is -0.472 e. The lowest BCUT2D eigenvalue weighted by molar-refractivity contribution is 0.0954. The van der Waals surface area contributed by atoms with E-state index in [0.29, 0.717) is 29.3 Å². The smallest absolute Gasteiger partial charge is 0.254 e. The van der Waals surface area contributed by atoms with Crippen LogP contribution in [0.3, 0.4) is 0 Å². The first kappa shape index (κ1) is 18.5. The van der Waals surface area contributed by atoms with Gasteiger partial charge in [-0.05, 0) is 28.1 Å². The molecular weight excluding hydrogens is 446 g/mol. The fourth-order valence-electron chi connectivity index (χ4n) is 2.73. The molecule has 2 N–H and O–H groups in total. The zero-order chi connectivity index (χ0) is 19.5. The third-order valence-electron chi connectivity index (χ3n) is 4.08. The molecule has 0 aliphatic heterocycles. The van der Waals surface area contributed by atoms with Gasteiger partial charge in [-0.2, -0.15) is 9.61 Å². The van der Waals surface area contributed by atoms with Crippen molar-refractivity contribution in [2.75, 3.05) is 18.4 Å². The summed E-state index contributed by atoms with van der Waals surface area (Å²) in [5.41, 5.74) is 2.71. The van der Waals surface area contributed by atoms with E-state index in [2.05, 4.69) is 36.6 Å². The first-order valence-corrected chi connectivity index (χ1v) is 9.64. The monoisotopic (exact) mass is 459 g/mol. The highest BCUT2D eigenvalue weighted by atomic mass is 79.9. The van der Waals surface area contributed by atoms with E-state index in [1.165, 1.54) is 12.5 Å². The van der Waals surface area contributed by atoms with Gasteiger partial charge in [0, 0.05) is 29.7 Å². The third-order valence-corrected chi connectivity index (χ3v) is 4.97. The van der Waals surface area contributed by atoms with Gasteiger partial charge >= 0.3 is 0 Å². The summed E-state index contributed by atoms with van der Waals surface area (Å²) in [7, 11) is 0. The molecule has 7 nitrogen and oxygen atoms in total. The Kier molecular flexibility index (Phi) is 5.31. The molecule has 9 heteroatoms. The maximum Gasteiger partial charge on any atom is 0.254 e. The van der Waals surface area contributed by atoms with Crippen LogP contribution in [-0.2, 0) is 0 Å². The van der Waals surface area contributed by atoms with Crippen LogP contribution in [0.4, 0.5) is 5.82 Å². The van der Waals surface area contributed by atoms with Crippen LogP contribution in [0.15, 0.2) is 64.0 Å². The molecule has 0 atom stereocenters. The molecule has 28 heavy (non-hydrogen) atoms. The van der Waals surface area contributed by atoms with Gasteiger partial charge in [-0.3, -0.25) is 4.79 Å². The maximum absolute atomic E-state index is 12.0. The van der Waals surface area contributed by atoms with Gasteiger partial charge in [0.05, 0.1) is 28.2 Å². The molecule has 0 unspecified atom stereocenters. The minimum absolute atomic E-state index is 0.186. The van der Waals surface area contributed by atoms with Crippen LogP contribution >= 0.6 is 27.5 Å². The fraction of sp³-hybridized carbons (Fsp3) is 0.105. The number of fused-ring (bicyclic) bond motifs is 1. The second-order valence-electron chi connectivity index (χ2n) is 5.93. The molecular formula is C19H15BrClN5O2. The van der Waals surface area contributed by atoms with Gasteiger partial charge in [0.25, 0.3) is 5.91 Å². The standard InChI is InChI=1S/C19H15BrClN5O2/c20-14-10-24-26-17(22-6-7-23-19(27)12-5-8-28-11-12)9-16(25-18(14)26)13-3-1-2-4-15(13)21/h1-5,8-11,22H,6-7H2,(H,23,27). The highest BCUT2D eigenvalue weighted by Crippen LogP contribution is 2.30. The van der Waals surface area contributed by atoms with Crippen molar-refractivity contribution in [2.24, 2.45) is 0 Å². The zero-order valence-electron chi connectivity index (χ0n) is 14.5. The second-order valence-corrected chi connectivity index (χ2v) is 7.19. The van der Waals surface area contributed by atoms with E-state index in [9.17, 15) is 4.79 Å². The minimum atomic E-state index is -0.186. The average molecular weight is 461 g/mol. The number of rotatable bonds is 6. The van der Waals surface area contributed by atoms with Crippen LogP contribution in [0.25, 0.3) is 16.9 Å². The molecule has 0 aliphatic carbocycles. The number of hydrogen-bond acceptors (Lipinski definition) is 5. The number of furan rings is 1. The first-order valence-electron chi connectivity index (χ1n) is 8.47. The summed E-state index contributed by atoms with van der Waals surface area (Å²) >= 11 is 9.81. The lowest BCUT2D eigenvalue weighted by atomic mass is 10.1. The van der Waals surface area contributed by atoms with Crippen molar-refractivity contribution in [1.29, 1.82) is 0 Å². The summed E-state index contributed by atoms with van der Waals surface area (Å²) < 4.78 is 7.39. The van der Waals surface area contributed by atoms with Crippen molar-refractivity contribution in [3.8, 4) is 11.3 Å². The van der Waals surface area contributed by atoms with Crippen molar-refractivity contribution in [3.63, 3.8) is 0 Å². The molecule has 4 aromatic rings. The quantitative estimate of drug-likeness (QED) is 0.420. The number of nitrogens with zero attached hydrogens (tertiary/aromatic N) is 3. The van der Waals surface area contributed by atoms with Gasteiger partial charge in [-0.15, -0.1) is 0 Å². The van der Waals surface area contributed by atoms with E-state index in [1.807, 2.05) is 30.3 Å². The van der Waals surface area contributed by atoms with Gasteiger partial charge in [-0.1, -0.05) is 29.8 Å². The highest BCUT2D eigenvalue weighted by molar-refractivity contribution is 9.10. The first-order chi connectivity index (χ1) is 13.6. The van der Waals surface area contributed by atoms with Crippen LogP contribution in [0.1, 0.15) is 10.4 Å². The summed E-state index contributed by atoms with van der Waals surface area (Å²) in [4.78, 5) is 16.6. The van der Waals surface area contributed by atoms with Gasteiger partial charge in [-0.25, -0.2) is 4.98 Å². The highest BCUT2D eigenvalue weighted by Gasteiger charge is 2.13. The lowest BCUT2D eigenvalue weighted by Crippen LogP contribution is -2.28. The third kappa shape index (κ3) is 3.74. The molecule has 142 valence electrons. The van der Waals surface area contributed by atoms with Crippen LogP contribution in [0, 0.1) is 0 Å². The number of anilines is 1. The average Bonchev–Trinajstić information content (AvgIpc) is 3.36. The van der Waals surface area contributed by atoms with Gasteiger partial charge in [0.15, 0.2) is 5.65 Å². The van der Waals surface area contributed by atoms with E-state index in [-0.39, 0.29) is 5.91 Å². The van der Waals surface area contributed by atoms with Crippen LogP contribution in [0.5, 0.6) is 0 Å². The Labute approximate surface area is 173 Å². The summed E-state index contributed by atoms with van der Waals surface area (Å²) in [6.07, 6.45) is 4.56. The summed E-state index contributed by atoms with van der Waals surface area (Å²) in [5.74, 6) is 0.553. The normalized spacial score (nSPS) is 10.9. The van der Waals surface area contributed by atoms with Crippen molar-refractivity contribution >= 4 is 44.9 Å². The number of halogens is 2. The van der Waals surface area contributed by atoms with E-state index >= 15 is 0 Å². The van der Waals surface area contributed by atoms with Crippen molar-refractivity contribution in [1.82, 2.24) is 19.9 Å². The molecule has 0 saturated carbocycles. The Morgan fingerprint density at radius 1 is 1.25 bits per heavy atom. The Balaban J connectivity index is 1.54. The number of carbonyl (C=O) groups is 1. The number of amides is 1. The van der Waals surface area contributed by atoms with Gasteiger partial charge in [0.2, 0.25) is 0 Å². The Morgan fingerprint density at radius 3 is 2.89 bits per heavy atom. The zero-order valence-corrected chi connectivity index (χ0v) is 16.9. The van der Waals surface area contributed by atoms with Gasteiger partial charge < -0.3 is 15.1 Å². The molecule has 1 aromatic carbocycles. The SMILES string of the molecule is O=C(NCCNc1cc(-c2ccccc2Cl)nc2c(Br)cnn12)c1ccoc1. The Morgan fingerprint density at radius 2 is 2.11 bits per heavy atom. The second kappa shape index (κ2) is 8.04. The van der Waals surface area contributed by atoms with Crippen LogP contribution in [0.2, 0.25) is 5.02 Å². The van der Waals surface area contributed by atoms with Crippen molar-refractivity contribution < 1.29 is 9.21 Å². The molecule has 0 spiro atoms. The number of benzene rings is 1. The number of carbonyl (C=O) groups excluding carboxylic acids is 1. The number of nitrogens with one attached hydrogen (secondary N) is 2.